The number of carbonyl (C=O) groups is 2. The van der Waals surface area contributed by atoms with Crippen LogP contribution in [0.15, 0.2) is 59.5 Å². The summed E-state index contributed by atoms with van der Waals surface area (Å²) in [5.74, 6) is -1.72. The molecule has 0 aliphatic heterocycles. The lowest BCUT2D eigenvalue weighted by Crippen LogP contribution is -2.17. The van der Waals surface area contributed by atoms with Gasteiger partial charge in [-0.1, -0.05) is 6.07 Å². The van der Waals surface area contributed by atoms with Gasteiger partial charge in [-0.05, 0) is 62.4 Å². The number of esters is 1. The van der Waals surface area contributed by atoms with E-state index in [9.17, 15) is 31.2 Å². The standard InChI is InChI=1S/C23H20F3NO6S/c1-14-11-20(15(2)27(14)17-7-9-18(10-8-17)33-23(24,25)26)21(28)13-32-22(29)16-5-4-6-19(12-16)34(3,30)31/h4-12H,13H2,1-3H3. The molecule has 0 spiro atoms. The summed E-state index contributed by atoms with van der Waals surface area (Å²) in [6.45, 7) is 2.79. The molecule has 0 saturated carbocycles. The van der Waals surface area contributed by atoms with E-state index in [0.717, 1.165) is 18.4 Å². The van der Waals surface area contributed by atoms with Gasteiger partial charge in [0.05, 0.1) is 10.5 Å². The zero-order chi connectivity index (χ0) is 25.3. The molecule has 7 nitrogen and oxygen atoms in total. The van der Waals surface area contributed by atoms with E-state index < -0.39 is 34.6 Å². The highest BCUT2D eigenvalue weighted by Gasteiger charge is 2.31. The summed E-state index contributed by atoms with van der Waals surface area (Å²) in [6.07, 6.45) is -3.79. The Balaban J connectivity index is 1.75. The van der Waals surface area contributed by atoms with Crippen LogP contribution in [0.25, 0.3) is 5.69 Å². The number of halogens is 3. The van der Waals surface area contributed by atoms with Gasteiger partial charge < -0.3 is 14.0 Å². The van der Waals surface area contributed by atoms with Gasteiger partial charge in [0.15, 0.2) is 16.4 Å². The molecule has 0 atom stereocenters. The molecular weight excluding hydrogens is 475 g/mol. The van der Waals surface area contributed by atoms with Crippen molar-refractivity contribution in [2.75, 3.05) is 12.9 Å². The molecule has 0 radical (unpaired) electrons. The minimum Gasteiger partial charge on any atom is -0.454 e. The van der Waals surface area contributed by atoms with Crippen molar-refractivity contribution in [2.24, 2.45) is 0 Å². The van der Waals surface area contributed by atoms with Gasteiger partial charge in [-0.2, -0.15) is 0 Å². The number of sulfone groups is 1. The Morgan fingerprint density at radius 2 is 1.65 bits per heavy atom. The van der Waals surface area contributed by atoms with Gasteiger partial charge in [0.2, 0.25) is 5.78 Å². The van der Waals surface area contributed by atoms with E-state index in [1.54, 1.807) is 24.5 Å². The number of rotatable bonds is 7. The lowest BCUT2D eigenvalue weighted by atomic mass is 10.1. The maximum Gasteiger partial charge on any atom is 0.573 e. The van der Waals surface area contributed by atoms with E-state index in [1.807, 2.05) is 0 Å². The second kappa shape index (κ2) is 9.34. The number of benzene rings is 2. The fourth-order valence-corrected chi connectivity index (χ4v) is 4.05. The van der Waals surface area contributed by atoms with Crippen molar-refractivity contribution in [3.8, 4) is 11.4 Å². The maximum absolute atomic E-state index is 12.7. The van der Waals surface area contributed by atoms with Crippen LogP contribution < -0.4 is 4.74 Å². The van der Waals surface area contributed by atoms with Gasteiger partial charge in [-0.25, -0.2) is 13.2 Å². The predicted molar refractivity (Wildman–Crippen MR) is 116 cm³/mol. The maximum atomic E-state index is 12.7. The topological polar surface area (TPSA) is 91.7 Å². The zero-order valence-electron chi connectivity index (χ0n) is 18.3. The van der Waals surface area contributed by atoms with Crippen molar-refractivity contribution in [3.63, 3.8) is 0 Å². The van der Waals surface area contributed by atoms with E-state index in [4.69, 9.17) is 4.74 Å². The highest BCUT2D eigenvalue weighted by molar-refractivity contribution is 7.90. The third kappa shape index (κ3) is 5.84. The lowest BCUT2D eigenvalue weighted by Gasteiger charge is -2.12. The molecule has 0 unspecified atom stereocenters. The minimum atomic E-state index is -4.80. The molecule has 0 bridgehead atoms. The van der Waals surface area contributed by atoms with Crippen molar-refractivity contribution < 1.29 is 40.7 Å². The number of ether oxygens (including phenoxy) is 2. The predicted octanol–water partition coefficient (Wildman–Crippen LogP) is 4.44. The molecule has 2 aromatic carbocycles. The van der Waals surface area contributed by atoms with Crippen LogP contribution >= 0.6 is 0 Å². The Morgan fingerprint density at radius 1 is 1.00 bits per heavy atom. The number of carbonyl (C=O) groups excluding carboxylic acids is 2. The van der Waals surface area contributed by atoms with Crippen LogP contribution in [0.5, 0.6) is 5.75 Å². The van der Waals surface area contributed by atoms with Gasteiger partial charge in [0, 0.05) is 28.9 Å². The molecule has 1 aromatic heterocycles. The fraction of sp³-hybridized carbons (Fsp3) is 0.217. The van der Waals surface area contributed by atoms with Crippen LogP contribution in [0.4, 0.5) is 13.2 Å². The second-order valence-corrected chi connectivity index (χ2v) is 9.48. The minimum absolute atomic E-state index is 0.0117. The SMILES string of the molecule is Cc1cc(C(=O)COC(=O)c2cccc(S(C)(=O)=O)c2)c(C)n1-c1ccc(OC(F)(F)F)cc1. The summed E-state index contributed by atoms with van der Waals surface area (Å²) in [5, 5.41) is 0. The molecule has 180 valence electrons. The van der Waals surface area contributed by atoms with Crippen LogP contribution in [0.2, 0.25) is 0 Å². The average Bonchev–Trinajstić information content (AvgIpc) is 3.05. The van der Waals surface area contributed by atoms with Crippen molar-refractivity contribution in [1.82, 2.24) is 4.57 Å². The molecule has 11 heteroatoms. The summed E-state index contributed by atoms with van der Waals surface area (Å²) in [4.78, 5) is 25.0. The van der Waals surface area contributed by atoms with Crippen molar-refractivity contribution in [1.29, 1.82) is 0 Å². The van der Waals surface area contributed by atoms with Gasteiger partial charge in [-0.15, -0.1) is 13.2 Å². The molecule has 3 rings (SSSR count). The fourth-order valence-electron chi connectivity index (χ4n) is 3.39. The van der Waals surface area contributed by atoms with E-state index in [2.05, 4.69) is 4.74 Å². The van der Waals surface area contributed by atoms with Gasteiger partial charge in [0.1, 0.15) is 5.75 Å². The van der Waals surface area contributed by atoms with E-state index in [1.165, 1.54) is 36.4 Å². The van der Waals surface area contributed by atoms with Gasteiger partial charge >= 0.3 is 12.3 Å². The highest BCUT2D eigenvalue weighted by Crippen LogP contribution is 2.26. The van der Waals surface area contributed by atoms with Crippen molar-refractivity contribution >= 4 is 21.6 Å². The van der Waals surface area contributed by atoms with E-state index >= 15 is 0 Å². The molecule has 3 aromatic rings. The quantitative estimate of drug-likeness (QED) is 0.356. The largest absolute Gasteiger partial charge is 0.573 e. The number of hydrogen-bond donors (Lipinski definition) is 0. The molecule has 0 N–H and O–H groups in total. The van der Waals surface area contributed by atoms with Crippen molar-refractivity contribution in [2.45, 2.75) is 25.1 Å². The van der Waals surface area contributed by atoms with Gasteiger partial charge in [0.25, 0.3) is 0 Å². The molecule has 0 amide bonds. The molecule has 0 aliphatic rings. The third-order valence-electron chi connectivity index (χ3n) is 4.89. The summed E-state index contributed by atoms with van der Waals surface area (Å²) in [6, 6.07) is 12.0. The van der Waals surface area contributed by atoms with E-state index in [0.29, 0.717) is 17.1 Å². The number of aromatic nitrogens is 1. The molecular formula is C23H20F3NO6S. The first-order valence-corrected chi connectivity index (χ1v) is 11.7. The number of nitrogens with zero attached hydrogens (tertiary/aromatic N) is 1. The molecule has 1 heterocycles. The van der Waals surface area contributed by atoms with Crippen LogP contribution in [-0.4, -0.2) is 44.0 Å². The molecule has 0 fully saturated rings. The Labute approximate surface area is 193 Å². The normalized spacial score (nSPS) is 11.8. The molecule has 0 aliphatic carbocycles. The monoisotopic (exact) mass is 495 g/mol. The van der Waals surface area contributed by atoms with E-state index in [-0.39, 0.29) is 21.8 Å². The summed E-state index contributed by atoms with van der Waals surface area (Å²) in [5.41, 5.74) is 1.91. The van der Waals surface area contributed by atoms with Crippen LogP contribution in [0.3, 0.4) is 0 Å². The number of alkyl halides is 3. The first kappa shape index (κ1) is 25.0. The summed E-state index contributed by atoms with van der Waals surface area (Å²) in [7, 11) is -3.52. The van der Waals surface area contributed by atoms with Crippen LogP contribution in [0, 0.1) is 13.8 Å². The first-order chi connectivity index (χ1) is 15.8. The highest BCUT2D eigenvalue weighted by atomic mass is 32.2. The number of aryl methyl sites for hydroxylation is 1. The number of hydrogen-bond acceptors (Lipinski definition) is 6. The van der Waals surface area contributed by atoms with Crippen molar-refractivity contribution in [3.05, 3.63) is 77.1 Å². The molecule has 0 saturated heterocycles. The Kier molecular flexibility index (Phi) is 6.87. The second-order valence-electron chi connectivity index (χ2n) is 7.46. The lowest BCUT2D eigenvalue weighted by molar-refractivity contribution is -0.274. The Bertz CT molecular complexity index is 1340. The third-order valence-corrected chi connectivity index (χ3v) is 6.00. The van der Waals surface area contributed by atoms with Crippen LogP contribution in [0.1, 0.15) is 32.1 Å². The van der Waals surface area contributed by atoms with Crippen LogP contribution in [-0.2, 0) is 14.6 Å². The molecule has 34 heavy (non-hydrogen) atoms. The Morgan fingerprint density at radius 3 is 2.24 bits per heavy atom. The summed E-state index contributed by atoms with van der Waals surface area (Å²) >= 11 is 0. The Hall–Kier alpha value is -3.60. The number of Topliss-reactive ketones (excluding diaryl/α,β-unsaturated/α-hetero) is 1. The smallest absolute Gasteiger partial charge is 0.454 e. The zero-order valence-corrected chi connectivity index (χ0v) is 19.2. The first-order valence-electron chi connectivity index (χ1n) is 9.82. The number of ketones is 1. The summed E-state index contributed by atoms with van der Waals surface area (Å²) < 4.78 is 71.0. The average molecular weight is 495 g/mol. The van der Waals surface area contributed by atoms with Gasteiger partial charge in [-0.3, -0.25) is 4.79 Å².